The Bertz CT molecular complexity index is 892. The summed E-state index contributed by atoms with van der Waals surface area (Å²) in [5.41, 5.74) is 1.22. The number of amides is 2. The van der Waals surface area contributed by atoms with Gasteiger partial charge in [-0.3, -0.25) is 9.52 Å². The lowest BCUT2D eigenvalue weighted by molar-refractivity contribution is -0.121. The van der Waals surface area contributed by atoms with Crippen LogP contribution in [-0.2, 0) is 20.5 Å². The van der Waals surface area contributed by atoms with Crippen molar-refractivity contribution in [3.8, 4) is 11.1 Å². The zero-order valence-corrected chi connectivity index (χ0v) is 18.9. The van der Waals surface area contributed by atoms with Gasteiger partial charge in [-0.15, -0.1) is 0 Å². The van der Waals surface area contributed by atoms with Gasteiger partial charge in [0.05, 0.1) is 4.90 Å². The monoisotopic (exact) mass is 430 g/mol. The van der Waals surface area contributed by atoms with E-state index in [-0.39, 0.29) is 5.92 Å². The van der Waals surface area contributed by atoms with Crippen molar-refractivity contribution in [3.05, 3.63) is 54.6 Å². The molecular weight excluding hydrogens is 400 g/mol. The number of hydrogen-bond donors (Lipinski definition) is 2. The first-order valence-corrected chi connectivity index (χ1v) is 11.1. The highest BCUT2D eigenvalue weighted by molar-refractivity contribution is 7.83. The minimum atomic E-state index is -1.76. The lowest BCUT2D eigenvalue weighted by Crippen LogP contribution is -2.49. The Hall–Kier alpha value is -2.67. The Morgan fingerprint density at radius 3 is 2.23 bits per heavy atom. The van der Waals surface area contributed by atoms with Crippen LogP contribution in [0.3, 0.4) is 0 Å². The van der Waals surface area contributed by atoms with E-state index in [1.807, 2.05) is 50.2 Å². The number of ether oxygens (including phenoxy) is 1. The van der Waals surface area contributed by atoms with Gasteiger partial charge in [-0.25, -0.2) is 9.00 Å². The van der Waals surface area contributed by atoms with Gasteiger partial charge in [-0.1, -0.05) is 56.3 Å². The predicted octanol–water partition coefficient (Wildman–Crippen LogP) is 4.43. The molecule has 0 spiro atoms. The summed E-state index contributed by atoms with van der Waals surface area (Å²) in [7, 11) is -1.76. The van der Waals surface area contributed by atoms with Gasteiger partial charge in [0.15, 0.2) is 11.0 Å². The maximum Gasteiger partial charge on any atom is 0.408 e. The molecule has 0 saturated carbocycles. The molecule has 162 valence electrons. The van der Waals surface area contributed by atoms with Crippen LogP contribution in [0.1, 0.15) is 41.0 Å². The molecule has 0 aliphatic carbocycles. The molecule has 0 heterocycles. The second-order valence-electron chi connectivity index (χ2n) is 8.46. The van der Waals surface area contributed by atoms with E-state index in [9.17, 15) is 13.8 Å². The summed E-state index contributed by atoms with van der Waals surface area (Å²) in [6.45, 7) is 9.13. The first-order chi connectivity index (χ1) is 14.0. The van der Waals surface area contributed by atoms with Crippen LogP contribution in [0.2, 0.25) is 0 Å². The quantitative estimate of drug-likeness (QED) is 0.680. The fourth-order valence-corrected chi connectivity index (χ4v) is 3.67. The maximum absolute atomic E-state index is 12.8. The van der Waals surface area contributed by atoms with Gasteiger partial charge in [-0.05, 0) is 56.4 Å². The maximum atomic E-state index is 12.8. The summed E-state index contributed by atoms with van der Waals surface area (Å²) in [6, 6.07) is 16.1. The van der Waals surface area contributed by atoms with Crippen molar-refractivity contribution >= 4 is 23.0 Å². The normalized spacial score (nSPS) is 13.4. The molecule has 0 fully saturated rings. The van der Waals surface area contributed by atoms with Crippen LogP contribution in [0.25, 0.3) is 11.1 Å². The first kappa shape index (κ1) is 23.6. The zero-order valence-electron chi connectivity index (χ0n) is 18.1. The molecule has 30 heavy (non-hydrogen) atoms. The molecule has 7 heteroatoms. The molecule has 2 rings (SSSR count). The van der Waals surface area contributed by atoms with E-state index in [1.165, 1.54) is 0 Å². The van der Waals surface area contributed by atoms with Crippen LogP contribution in [0.15, 0.2) is 59.5 Å². The molecule has 6 nitrogen and oxygen atoms in total. The van der Waals surface area contributed by atoms with Crippen LogP contribution in [0.5, 0.6) is 0 Å². The summed E-state index contributed by atoms with van der Waals surface area (Å²) >= 11 is 0. The third-order valence-electron chi connectivity index (χ3n) is 4.06. The number of rotatable bonds is 7. The van der Waals surface area contributed by atoms with E-state index in [0.717, 1.165) is 11.1 Å². The third kappa shape index (κ3) is 7.63. The van der Waals surface area contributed by atoms with E-state index in [4.69, 9.17) is 4.74 Å². The summed E-state index contributed by atoms with van der Waals surface area (Å²) < 4.78 is 20.5. The van der Waals surface area contributed by atoms with Crippen LogP contribution in [-0.4, -0.2) is 27.9 Å². The van der Waals surface area contributed by atoms with Crippen molar-refractivity contribution in [3.63, 3.8) is 0 Å². The van der Waals surface area contributed by atoms with E-state index < -0.39 is 34.6 Å². The molecule has 2 aromatic carbocycles. The minimum absolute atomic E-state index is 0.144. The molecule has 0 saturated heterocycles. The lowest BCUT2D eigenvalue weighted by atomic mass is 10.0. The average Bonchev–Trinajstić information content (AvgIpc) is 2.66. The topological polar surface area (TPSA) is 84.5 Å². The molecule has 2 unspecified atom stereocenters. The molecule has 0 radical (unpaired) electrons. The predicted molar refractivity (Wildman–Crippen MR) is 119 cm³/mol. The van der Waals surface area contributed by atoms with Gasteiger partial charge >= 0.3 is 6.09 Å². The molecule has 2 amide bonds. The molecule has 2 aromatic rings. The SMILES string of the molecule is CC(C)CC(NC(=O)OC(C)(C)C)C(=O)NS(=O)c1cccc(-c2ccccc2)c1. The summed E-state index contributed by atoms with van der Waals surface area (Å²) in [5.74, 6) is -0.372. The highest BCUT2D eigenvalue weighted by Crippen LogP contribution is 2.21. The molecule has 0 bridgehead atoms. The Balaban J connectivity index is 2.11. The largest absolute Gasteiger partial charge is 0.444 e. The van der Waals surface area contributed by atoms with Gasteiger partial charge in [0.2, 0.25) is 0 Å². The van der Waals surface area contributed by atoms with Crippen LogP contribution >= 0.6 is 0 Å². The smallest absolute Gasteiger partial charge is 0.408 e. The Labute approximate surface area is 181 Å². The van der Waals surface area contributed by atoms with E-state index in [1.54, 1.807) is 39.0 Å². The second-order valence-corrected chi connectivity index (χ2v) is 9.67. The number of alkyl carbamates (subject to hydrolysis) is 1. The molecule has 0 aromatic heterocycles. The Morgan fingerprint density at radius 1 is 1.00 bits per heavy atom. The highest BCUT2D eigenvalue weighted by atomic mass is 32.2. The molecule has 2 N–H and O–H groups in total. The number of hydrogen-bond acceptors (Lipinski definition) is 4. The number of carbonyl (C=O) groups excluding carboxylic acids is 2. The minimum Gasteiger partial charge on any atom is -0.444 e. The Kier molecular flexibility index (Phi) is 8.17. The standard InChI is InChI=1S/C23H30N2O4S/c1-16(2)14-20(24-22(27)29-23(3,4)5)21(26)25-30(28)19-13-9-12-18(15-19)17-10-7-6-8-11-17/h6-13,15-16,20H,14H2,1-5H3,(H,24,27)(H,25,26). The van der Waals surface area contributed by atoms with E-state index in [0.29, 0.717) is 11.3 Å². The zero-order chi connectivity index (χ0) is 22.3. The second kappa shape index (κ2) is 10.4. The van der Waals surface area contributed by atoms with Crippen LogP contribution in [0, 0.1) is 5.92 Å². The van der Waals surface area contributed by atoms with Crippen molar-refractivity contribution in [1.29, 1.82) is 0 Å². The van der Waals surface area contributed by atoms with Crippen molar-refractivity contribution in [2.75, 3.05) is 0 Å². The van der Waals surface area contributed by atoms with Crippen molar-refractivity contribution in [2.45, 2.75) is 57.6 Å². The molecular formula is C23H30N2O4S. The van der Waals surface area contributed by atoms with Gasteiger partial charge in [0.25, 0.3) is 5.91 Å². The van der Waals surface area contributed by atoms with Crippen molar-refractivity contribution in [1.82, 2.24) is 10.0 Å². The van der Waals surface area contributed by atoms with Gasteiger partial charge in [-0.2, -0.15) is 0 Å². The van der Waals surface area contributed by atoms with Gasteiger partial charge in [0, 0.05) is 0 Å². The number of benzene rings is 2. The highest BCUT2D eigenvalue weighted by Gasteiger charge is 2.26. The fraction of sp³-hybridized carbons (Fsp3) is 0.391. The van der Waals surface area contributed by atoms with E-state index in [2.05, 4.69) is 10.0 Å². The Morgan fingerprint density at radius 2 is 1.63 bits per heavy atom. The summed E-state index contributed by atoms with van der Waals surface area (Å²) in [5, 5.41) is 2.59. The molecule has 0 aliphatic rings. The van der Waals surface area contributed by atoms with Gasteiger partial charge in [0.1, 0.15) is 11.6 Å². The van der Waals surface area contributed by atoms with Crippen molar-refractivity contribution < 1.29 is 18.5 Å². The van der Waals surface area contributed by atoms with Crippen LogP contribution < -0.4 is 10.0 Å². The number of carbonyl (C=O) groups is 2. The van der Waals surface area contributed by atoms with Crippen LogP contribution in [0.4, 0.5) is 4.79 Å². The van der Waals surface area contributed by atoms with Gasteiger partial charge < -0.3 is 10.1 Å². The summed E-state index contributed by atoms with van der Waals surface area (Å²) in [4.78, 5) is 25.3. The van der Waals surface area contributed by atoms with Crippen molar-refractivity contribution in [2.24, 2.45) is 5.92 Å². The third-order valence-corrected chi connectivity index (χ3v) is 5.13. The summed E-state index contributed by atoms with van der Waals surface area (Å²) in [6.07, 6.45) is -0.285. The number of nitrogens with one attached hydrogen (secondary N) is 2. The first-order valence-electron chi connectivity index (χ1n) is 9.92. The van der Waals surface area contributed by atoms with E-state index >= 15 is 0 Å². The molecule has 0 aliphatic heterocycles. The average molecular weight is 431 g/mol. The fourth-order valence-electron chi connectivity index (χ4n) is 2.80. The molecule has 2 atom stereocenters. The lowest BCUT2D eigenvalue weighted by Gasteiger charge is -2.24.